The topological polar surface area (TPSA) is 15.3 Å². The molecule has 3 rings (SSSR count). The van der Waals surface area contributed by atoms with Crippen LogP contribution in [0.15, 0.2) is 24.3 Å². The van der Waals surface area contributed by atoms with Gasteiger partial charge in [0.05, 0.1) is 0 Å². The van der Waals surface area contributed by atoms with E-state index in [-0.39, 0.29) is 0 Å². The van der Waals surface area contributed by atoms with Gasteiger partial charge in [0.25, 0.3) is 0 Å². The first-order valence-electron chi connectivity index (χ1n) is 6.82. The van der Waals surface area contributed by atoms with E-state index in [2.05, 4.69) is 41.5 Å². The molecule has 2 heteroatoms. The Morgan fingerprint density at radius 3 is 2.35 bits per heavy atom. The van der Waals surface area contributed by atoms with E-state index < -0.39 is 0 Å². The van der Waals surface area contributed by atoms with Gasteiger partial charge in [-0.15, -0.1) is 0 Å². The monoisotopic (exact) mass is 230 g/mol. The number of likely N-dealkylation sites (N-methyl/N-ethyl adjacent to an activating group) is 1. The molecule has 1 aromatic rings. The maximum Gasteiger partial charge on any atom is 0.00934 e. The maximum absolute atomic E-state index is 3.44. The van der Waals surface area contributed by atoms with Crippen LogP contribution < -0.4 is 5.32 Å². The minimum Gasteiger partial charge on any atom is -0.317 e. The van der Waals surface area contributed by atoms with Gasteiger partial charge >= 0.3 is 0 Å². The molecule has 1 aromatic carbocycles. The maximum atomic E-state index is 3.44. The average Bonchev–Trinajstić information content (AvgIpc) is 2.36. The fourth-order valence-corrected chi connectivity index (χ4v) is 3.13. The van der Waals surface area contributed by atoms with E-state index in [0.717, 1.165) is 11.8 Å². The molecule has 92 valence electrons. The Labute approximate surface area is 104 Å². The lowest BCUT2D eigenvalue weighted by Gasteiger charge is -2.37. The molecule has 2 aliphatic heterocycles. The van der Waals surface area contributed by atoms with E-state index >= 15 is 0 Å². The second kappa shape index (κ2) is 4.79. The Hall–Kier alpha value is -0.860. The van der Waals surface area contributed by atoms with Crippen molar-refractivity contribution in [1.29, 1.82) is 0 Å². The molecule has 0 radical (unpaired) electrons. The van der Waals surface area contributed by atoms with Gasteiger partial charge in [0.2, 0.25) is 0 Å². The highest BCUT2D eigenvalue weighted by atomic mass is 15.2. The van der Waals surface area contributed by atoms with E-state index in [1.165, 1.54) is 39.0 Å². The fourth-order valence-electron chi connectivity index (χ4n) is 3.13. The quantitative estimate of drug-likeness (QED) is 0.838. The van der Waals surface area contributed by atoms with Crippen LogP contribution in [-0.4, -0.2) is 38.1 Å². The van der Waals surface area contributed by atoms with Crippen LogP contribution in [0.5, 0.6) is 0 Å². The average molecular weight is 230 g/mol. The molecule has 0 aliphatic carbocycles. The summed E-state index contributed by atoms with van der Waals surface area (Å²) in [5.74, 6) is 1.57. The van der Waals surface area contributed by atoms with Crippen molar-refractivity contribution in [2.75, 3.05) is 33.2 Å². The molecule has 0 spiro atoms. The van der Waals surface area contributed by atoms with Crippen molar-refractivity contribution in [3.63, 3.8) is 0 Å². The van der Waals surface area contributed by atoms with Crippen LogP contribution in [0.2, 0.25) is 0 Å². The van der Waals surface area contributed by atoms with Gasteiger partial charge in [-0.3, -0.25) is 0 Å². The summed E-state index contributed by atoms with van der Waals surface area (Å²) in [4.78, 5) is 2.39. The number of nitrogens with zero attached hydrogens (tertiary/aromatic N) is 1. The minimum atomic E-state index is 0.779. The highest BCUT2D eigenvalue weighted by molar-refractivity contribution is 5.31. The van der Waals surface area contributed by atoms with Gasteiger partial charge in [0.15, 0.2) is 0 Å². The highest BCUT2D eigenvalue weighted by Crippen LogP contribution is 2.30. The zero-order valence-corrected chi connectivity index (χ0v) is 10.7. The lowest BCUT2D eigenvalue weighted by Crippen LogP contribution is -2.41. The first kappa shape index (κ1) is 11.2. The minimum absolute atomic E-state index is 0.779. The third kappa shape index (κ3) is 2.38. The summed E-state index contributed by atoms with van der Waals surface area (Å²) >= 11 is 0. The molecule has 2 aliphatic rings. The smallest absolute Gasteiger partial charge is 0.00934 e. The van der Waals surface area contributed by atoms with Crippen molar-refractivity contribution < 1.29 is 0 Å². The second-order valence-electron chi connectivity index (χ2n) is 5.61. The van der Waals surface area contributed by atoms with Gasteiger partial charge in [-0.1, -0.05) is 24.3 Å². The number of benzene rings is 1. The molecule has 0 unspecified atom stereocenters. The van der Waals surface area contributed by atoms with Crippen molar-refractivity contribution in [2.45, 2.75) is 24.7 Å². The van der Waals surface area contributed by atoms with Crippen LogP contribution in [0.4, 0.5) is 0 Å². The number of piperidine rings is 1. The Morgan fingerprint density at radius 1 is 1.06 bits per heavy atom. The predicted octanol–water partition coefficient (Wildman–Crippen LogP) is 2.18. The summed E-state index contributed by atoms with van der Waals surface area (Å²) in [6.07, 6.45) is 2.60. The van der Waals surface area contributed by atoms with Gasteiger partial charge in [-0.2, -0.15) is 0 Å². The summed E-state index contributed by atoms with van der Waals surface area (Å²) in [5, 5.41) is 3.44. The number of nitrogens with one attached hydrogen (secondary N) is 1. The Balaban J connectivity index is 1.74. The van der Waals surface area contributed by atoms with Crippen molar-refractivity contribution in [3.05, 3.63) is 35.4 Å². The van der Waals surface area contributed by atoms with Crippen molar-refractivity contribution in [2.24, 2.45) is 0 Å². The van der Waals surface area contributed by atoms with E-state index in [9.17, 15) is 0 Å². The first-order chi connectivity index (χ1) is 8.33. The summed E-state index contributed by atoms with van der Waals surface area (Å²) < 4.78 is 0. The van der Waals surface area contributed by atoms with Gasteiger partial charge in [-0.05, 0) is 50.0 Å². The number of hydrogen-bond acceptors (Lipinski definition) is 2. The summed E-state index contributed by atoms with van der Waals surface area (Å²) in [7, 11) is 2.20. The summed E-state index contributed by atoms with van der Waals surface area (Å²) in [6, 6.07) is 9.35. The van der Waals surface area contributed by atoms with E-state index in [1.807, 2.05) is 0 Å². The number of hydrogen-bond donors (Lipinski definition) is 1. The Morgan fingerprint density at radius 2 is 1.71 bits per heavy atom. The normalized spacial score (nSPS) is 23.6. The number of rotatable bonds is 2. The van der Waals surface area contributed by atoms with Gasteiger partial charge in [-0.25, -0.2) is 0 Å². The van der Waals surface area contributed by atoms with Crippen LogP contribution in [0, 0.1) is 0 Å². The van der Waals surface area contributed by atoms with Crippen molar-refractivity contribution in [3.8, 4) is 0 Å². The molecule has 2 heterocycles. The van der Waals surface area contributed by atoms with Crippen LogP contribution in [-0.2, 0) is 0 Å². The van der Waals surface area contributed by atoms with Crippen LogP contribution in [0.3, 0.4) is 0 Å². The van der Waals surface area contributed by atoms with E-state index in [0.29, 0.717) is 0 Å². The first-order valence-corrected chi connectivity index (χ1v) is 6.82. The molecule has 2 nitrogen and oxygen atoms in total. The van der Waals surface area contributed by atoms with Gasteiger partial charge < -0.3 is 10.2 Å². The fraction of sp³-hybridized carbons (Fsp3) is 0.600. The van der Waals surface area contributed by atoms with Gasteiger partial charge in [0.1, 0.15) is 0 Å². The van der Waals surface area contributed by atoms with E-state index in [1.54, 1.807) is 11.1 Å². The zero-order valence-electron chi connectivity index (χ0n) is 10.7. The number of likely N-dealkylation sites (tertiary alicyclic amines) is 1. The van der Waals surface area contributed by atoms with E-state index in [4.69, 9.17) is 0 Å². The molecule has 2 saturated heterocycles. The molecular formula is C15H22N2. The molecule has 0 saturated carbocycles. The van der Waals surface area contributed by atoms with Crippen LogP contribution >= 0.6 is 0 Å². The standard InChI is InChI=1S/C15H22N2/c1-17-10-15(11-17)14-4-2-3-13(9-14)12-5-7-16-8-6-12/h2-4,9,12,15-16H,5-8,10-11H2,1H3. The zero-order chi connectivity index (χ0) is 11.7. The van der Waals surface area contributed by atoms with Crippen molar-refractivity contribution in [1.82, 2.24) is 10.2 Å². The van der Waals surface area contributed by atoms with Crippen molar-refractivity contribution >= 4 is 0 Å². The highest BCUT2D eigenvalue weighted by Gasteiger charge is 2.25. The summed E-state index contributed by atoms with van der Waals surface area (Å²) in [5.41, 5.74) is 3.12. The Kier molecular flexibility index (Phi) is 3.17. The molecular weight excluding hydrogens is 208 g/mol. The molecule has 1 N–H and O–H groups in total. The van der Waals surface area contributed by atoms with Crippen LogP contribution in [0.1, 0.15) is 35.8 Å². The third-order valence-corrected chi connectivity index (χ3v) is 4.26. The largest absolute Gasteiger partial charge is 0.317 e. The molecule has 0 atom stereocenters. The third-order valence-electron chi connectivity index (χ3n) is 4.26. The second-order valence-corrected chi connectivity index (χ2v) is 5.61. The molecule has 0 bridgehead atoms. The summed E-state index contributed by atoms with van der Waals surface area (Å²) in [6.45, 7) is 4.83. The molecule has 17 heavy (non-hydrogen) atoms. The SMILES string of the molecule is CN1CC(c2cccc(C3CCNCC3)c2)C1. The predicted molar refractivity (Wildman–Crippen MR) is 71.5 cm³/mol. The lowest BCUT2D eigenvalue weighted by molar-refractivity contribution is 0.189. The molecule has 0 aromatic heterocycles. The van der Waals surface area contributed by atoms with Crippen LogP contribution in [0.25, 0.3) is 0 Å². The van der Waals surface area contributed by atoms with Gasteiger partial charge in [0, 0.05) is 19.0 Å². The Bertz CT molecular complexity index is 376. The molecule has 0 amide bonds. The lowest BCUT2D eigenvalue weighted by atomic mass is 9.85. The molecule has 2 fully saturated rings.